The molecule has 1 N–H and O–H groups in total. The molecule has 0 bridgehead atoms. The smallest absolute Gasteiger partial charge is 0.0848 e. The van der Waals surface area contributed by atoms with E-state index in [-0.39, 0.29) is 5.60 Å². The third-order valence-electron chi connectivity index (χ3n) is 5.22. The molecular formula is C18H27NO. The number of nitrogens with one attached hydrogen (secondary N) is 1. The van der Waals surface area contributed by atoms with Crippen LogP contribution in [0.3, 0.4) is 0 Å². The van der Waals surface area contributed by atoms with Gasteiger partial charge in [0, 0.05) is 6.61 Å². The fourth-order valence-corrected chi connectivity index (χ4v) is 3.74. The Balaban J connectivity index is 1.84. The summed E-state index contributed by atoms with van der Waals surface area (Å²) in [5, 5.41) is 3.51. The second-order valence-electron chi connectivity index (χ2n) is 6.64. The molecular weight excluding hydrogens is 246 g/mol. The molecule has 3 rings (SSSR count). The maximum Gasteiger partial charge on any atom is 0.0848 e. The van der Waals surface area contributed by atoms with Crippen molar-refractivity contribution >= 4 is 0 Å². The van der Waals surface area contributed by atoms with Crippen molar-refractivity contribution in [2.75, 3.05) is 13.7 Å². The van der Waals surface area contributed by atoms with Gasteiger partial charge >= 0.3 is 0 Å². The minimum Gasteiger partial charge on any atom is -0.373 e. The topological polar surface area (TPSA) is 21.3 Å². The molecule has 1 aliphatic heterocycles. The van der Waals surface area contributed by atoms with E-state index in [1.54, 1.807) is 0 Å². The maximum absolute atomic E-state index is 6.15. The molecule has 0 spiro atoms. The Morgan fingerprint density at radius 1 is 1.25 bits per heavy atom. The van der Waals surface area contributed by atoms with Gasteiger partial charge in [0.15, 0.2) is 0 Å². The number of benzene rings is 1. The Bertz CT molecular complexity index is 446. The van der Waals surface area contributed by atoms with E-state index in [0.29, 0.717) is 6.04 Å². The van der Waals surface area contributed by atoms with Crippen molar-refractivity contribution in [3.05, 3.63) is 35.4 Å². The lowest BCUT2D eigenvalue weighted by Gasteiger charge is -2.41. The van der Waals surface area contributed by atoms with Crippen LogP contribution in [0.15, 0.2) is 24.3 Å². The lowest BCUT2D eigenvalue weighted by atomic mass is 9.78. The first-order valence-electron chi connectivity index (χ1n) is 8.14. The highest BCUT2D eigenvalue weighted by Gasteiger charge is 2.37. The summed E-state index contributed by atoms with van der Waals surface area (Å²) in [6, 6.07) is 9.48. The number of likely N-dealkylation sites (N-methyl/N-ethyl adjacent to an activating group) is 1. The Kier molecular flexibility index (Phi) is 4.13. The molecule has 1 aliphatic carbocycles. The summed E-state index contributed by atoms with van der Waals surface area (Å²) in [7, 11) is 2.06. The quantitative estimate of drug-likeness (QED) is 0.889. The molecule has 2 aliphatic rings. The third kappa shape index (κ3) is 2.64. The summed E-state index contributed by atoms with van der Waals surface area (Å²) in [5.41, 5.74) is 2.85. The van der Waals surface area contributed by atoms with Gasteiger partial charge in [-0.05, 0) is 63.1 Å². The van der Waals surface area contributed by atoms with E-state index in [0.717, 1.165) is 18.9 Å². The zero-order valence-corrected chi connectivity index (χ0v) is 12.8. The van der Waals surface area contributed by atoms with Crippen LogP contribution in [0.25, 0.3) is 0 Å². The Morgan fingerprint density at radius 2 is 2.10 bits per heavy atom. The molecule has 1 aromatic rings. The van der Waals surface area contributed by atoms with Crippen LogP contribution >= 0.6 is 0 Å². The van der Waals surface area contributed by atoms with Crippen molar-refractivity contribution < 1.29 is 4.74 Å². The summed E-state index contributed by atoms with van der Waals surface area (Å²) >= 11 is 0. The van der Waals surface area contributed by atoms with E-state index in [1.165, 1.54) is 43.2 Å². The summed E-state index contributed by atoms with van der Waals surface area (Å²) < 4.78 is 6.15. The second-order valence-corrected chi connectivity index (χ2v) is 6.64. The van der Waals surface area contributed by atoms with Gasteiger partial charge in [-0.25, -0.2) is 0 Å². The van der Waals surface area contributed by atoms with Gasteiger partial charge in [-0.15, -0.1) is 0 Å². The van der Waals surface area contributed by atoms with Gasteiger partial charge in [-0.1, -0.05) is 30.7 Å². The normalized spacial score (nSPS) is 28.9. The van der Waals surface area contributed by atoms with Crippen LogP contribution in [-0.2, 0) is 4.74 Å². The summed E-state index contributed by atoms with van der Waals surface area (Å²) in [5.74, 6) is 0.799. The highest BCUT2D eigenvalue weighted by Crippen LogP contribution is 2.40. The van der Waals surface area contributed by atoms with Crippen LogP contribution in [0.2, 0.25) is 0 Å². The standard InChI is InChI=1S/C18H27NO/c1-18(11-3-4-12-20-18)17(19-2)16-10-6-9-15(13-16)14-7-5-8-14/h6,9-10,13-14,17,19H,3-5,7-8,11-12H2,1-2H3. The van der Waals surface area contributed by atoms with Crippen LogP contribution in [-0.4, -0.2) is 19.3 Å². The third-order valence-corrected chi connectivity index (χ3v) is 5.22. The van der Waals surface area contributed by atoms with Gasteiger partial charge in [-0.3, -0.25) is 0 Å². The van der Waals surface area contributed by atoms with Gasteiger partial charge in [0.25, 0.3) is 0 Å². The number of hydrogen-bond donors (Lipinski definition) is 1. The Hall–Kier alpha value is -0.860. The summed E-state index contributed by atoms with van der Waals surface area (Å²) in [6.07, 6.45) is 7.74. The van der Waals surface area contributed by atoms with E-state index >= 15 is 0 Å². The van der Waals surface area contributed by atoms with Crippen LogP contribution in [0.1, 0.15) is 68.5 Å². The summed E-state index contributed by atoms with van der Waals surface area (Å²) in [4.78, 5) is 0. The van der Waals surface area contributed by atoms with Crippen LogP contribution < -0.4 is 5.32 Å². The SMILES string of the molecule is CNC(c1cccc(C2CCC2)c1)C1(C)CCCCO1. The largest absolute Gasteiger partial charge is 0.373 e. The first-order valence-corrected chi connectivity index (χ1v) is 8.14. The fourth-order valence-electron chi connectivity index (χ4n) is 3.74. The van der Waals surface area contributed by atoms with Gasteiger partial charge in [-0.2, -0.15) is 0 Å². The van der Waals surface area contributed by atoms with Crippen molar-refractivity contribution in [1.29, 1.82) is 0 Å². The summed E-state index contributed by atoms with van der Waals surface area (Å²) in [6.45, 7) is 3.17. The van der Waals surface area contributed by atoms with Crippen molar-refractivity contribution in [1.82, 2.24) is 5.32 Å². The van der Waals surface area contributed by atoms with Crippen molar-refractivity contribution in [3.63, 3.8) is 0 Å². The predicted octanol–water partition coefficient (Wildman–Crippen LogP) is 4.17. The molecule has 2 unspecified atom stereocenters. The lowest BCUT2D eigenvalue weighted by Crippen LogP contribution is -2.44. The minimum atomic E-state index is -0.0642. The monoisotopic (exact) mass is 273 g/mol. The fraction of sp³-hybridized carbons (Fsp3) is 0.667. The van der Waals surface area contributed by atoms with Crippen LogP contribution in [0.5, 0.6) is 0 Å². The van der Waals surface area contributed by atoms with Gasteiger partial charge < -0.3 is 10.1 Å². The number of ether oxygens (including phenoxy) is 1. The first kappa shape index (κ1) is 14.1. The van der Waals surface area contributed by atoms with E-state index in [1.807, 2.05) is 0 Å². The average molecular weight is 273 g/mol. The zero-order chi connectivity index (χ0) is 14.0. The molecule has 2 fully saturated rings. The van der Waals surface area contributed by atoms with Gasteiger partial charge in [0.2, 0.25) is 0 Å². The van der Waals surface area contributed by atoms with Crippen molar-refractivity contribution in [2.45, 2.75) is 63.0 Å². The van der Waals surface area contributed by atoms with E-state index < -0.39 is 0 Å². The minimum absolute atomic E-state index is 0.0642. The van der Waals surface area contributed by atoms with Gasteiger partial charge in [0.1, 0.15) is 0 Å². The van der Waals surface area contributed by atoms with Crippen LogP contribution in [0.4, 0.5) is 0 Å². The van der Waals surface area contributed by atoms with Crippen LogP contribution in [0, 0.1) is 0 Å². The lowest BCUT2D eigenvalue weighted by molar-refractivity contribution is -0.0884. The predicted molar refractivity (Wildman–Crippen MR) is 83.0 cm³/mol. The average Bonchev–Trinajstić information content (AvgIpc) is 2.38. The highest BCUT2D eigenvalue weighted by molar-refractivity contribution is 5.31. The molecule has 2 heteroatoms. The Labute approximate surface area is 122 Å². The van der Waals surface area contributed by atoms with Crippen molar-refractivity contribution in [2.24, 2.45) is 0 Å². The molecule has 0 radical (unpaired) electrons. The van der Waals surface area contributed by atoms with E-state index in [2.05, 4.69) is 43.6 Å². The van der Waals surface area contributed by atoms with E-state index in [4.69, 9.17) is 4.74 Å². The molecule has 1 saturated carbocycles. The van der Waals surface area contributed by atoms with E-state index in [9.17, 15) is 0 Å². The molecule has 0 amide bonds. The molecule has 1 heterocycles. The highest BCUT2D eigenvalue weighted by atomic mass is 16.5. The molecule has 1 aromatic carbocycles. The molecule has 20 heavy (non-hydrogen) atoms. The second kappa shape index (κ2) is 5.87. The molecule has 110 valence electrons. The molecule has 0 aromatic heterocycles. The van der Waals surface area contributed by atoms with Gasteiger partial charge in [0.05, 0.1) is 11.6 Å². The zero-order valence-electron chi connectivity index (χ0n) is 12.8. The first-order chi connectivity index (χ1) is 9.73. The number of rotatable bonds is 4. The Morgan fingerprint density at radius 3 is 2.70 bits per heavy atom. The van der Waals surface area contributed by atoms with Crippen molar-refractivity contribution in [3.8, 4) is 0 Å². The molecule has 2 nitrogen and oxygen atoms in total. The number of hydrogen-bond acceptors (Lipinski definition) is 2. The molecule has 2 atom stereocenters. The molecule has 1 saturated heterocycles. The maximum atomic E-state index is 6.15.